The van der Waals surface area contributed by atoms with Gasteiger partial charge in [0, 0.05) is 13.2 Å². The van der Waals surface area contributed by atoms with Crippen LogP contribution >= 0.6 is 0 Å². The number of nitrogens with two attached hydrogens (primary N) is 2. The Bertz CT molecular complexity index is 218. The molecule has 2 unspecified atom stereocenters. The molecule has 0 bridgehead atoms. The fraction of sp³-hybridized carbons (Fsp3) is 1.00. The number of ether oxygens (including phenoxy) is 4. The van der Waals surface area contributed by atoms with Crippen molar-refractivity contribution in [2.75, 3.05) is 39.5 Å². The highest BCUT2D eigenvalue weighted by atomic mass is 16.6. The van der Waals surface area contributed by atoms with Crippen LogP contribution in [0.3, 0.4) is 0 Å². The van der Waals surface area contributed by atoms with Crippen LogP contribution in [0.2, 0.25) is 0 Å². The minimum absolute atomic E-state index is 0.00523. The first-order valence-electron chi connectivity index (χ1n) is 6.73. The minimum Gasteiger partial charge on any atom is -0.373 e. The van der Waals surface area contributed by atoms with E-state index >= 15 is 0 Å². The van der Waals surface area contributed by atoms with Gasteiger partial charge in [-0.2, -0.15) is 0 Å². The minimum atomic E-state index is 0.00523. The van der Waals surface area contributed by atoms with Gasteiger partial charge in [0.1, 0.15) is 24.4 Å². The van der Waals surface area contributed by atoms with Crippen molar-refractivity contribution in [2.45, 2.75) is 37.3 Å². The lowest BCUT2D eigenvalue weighted by atomic mass is 10.1. The highest BCUT2D eigenvalue weighted by Crippen LogP contribution is 2.30. The van der Waals surface area contributed by atoms with Gasteiger partial charge in [0.05, 0.1) is 13.2 Å². The van der Waals surface area contributed by atoms with Gasteiger partial charge < -0.3 is 30.4 Å². The van der Waals surface area contributed by atoms with E-state index in [1.165, 1.54) is 0 Å². The Morgan fingerprint density at radius 1 is 0.833 bits per heavy atom. The largest absolute Gasteiger partial charge is 0.373 e. The molecule has 18 heavy (non-hydrogen) atoms. The molecule has 106 valence electrons. The summed E-state index contributed by atoms with van der Waals surface area (Å²) in [5.74, 6) is 0. The molecule has 2 fully saturated rings. The summed E-state index contributed by atoms with van der Waals surface area (Å²) < 4.78 is 22.9. The summed E-state index contributed by atoms with van der Waals surface area (Å²) in [6, 6.07) is 0. The first-order chi connectivity index (χ1) is 8.86. The van der Waals surface area contributed by atoms with Crippen LogP contribution in [0.5, 0.6) is 0 Å². The molecule has 2 aliphatic rings. The Balaban J connectivity index is 1.72. The van der Waals surface area contributed by atoms with E-state index in [2.05, 4.69) is 0 Å². The molecule has 0 aliphatic carbocycles. The number of fused-ring (bicyclic) bond motifs is 1. The molecule has 0 saturated carbocycles. The van der Waals surface area contributed by atoms with Gasteiger partial charge >= 0.3 is 0 Å². The second-order valence-electron chi connectivity index (χ2n) is 4.70. The lowest BCUT2D eigenvalue weighted by Gasteiger charge is -2.17. The van der Waals surface area contributed by atoms with Gasteiger partial charge in [-0.25, -0.2) is 0 Å². The van der Waals surface area contributed by atoms with Crippen LogP contribution in [0.4, 0.5) is 0 Å². The zero-order chi connectivity index (χ0) is 12.8. The molecule has 0 aromatic carbocycles. The van der Waals surface area contributed by atoms with Crippen LogP contribution in [-0.4, -0.2) is 63.9 Å². The summed E-state index contributed by atoms with van der Waals surface area (Å²) in [6.07, 6.45) is 1.78. The van der Waals surface area contributed by atoms with Crippen LogP contribution in [0.25, 0.3) is 0 Å². The van der Waals surface area contributed by atoms with Crippen LogP contribution in [0.15, 0.2) is 0 Å². The quantitative estimate of drug-likeness (QED) is 0.558. The van der Waals surface area contributed by atoms with Crippen molar-refractivity contribution in [3.05, 3.63) is 0 Å². The van der Waals surface area contributed by atoms with Crippen molar-refractivity contribution < 1.29 is 18.9 Å². The molecule has 4 atom stereocenters. The Labute approximate surface area is 108 Å². The smallest absolute Gasteiger partial charge is 0.115 e. The summed E-state index contributed by atoms with van der Waals surface area (Å²) >= 11 is 0. The summed E-state index contributed by atoms with van der Waals surface area (Å²) in [5.41, 5.74) is 10.9. The topological polar surface area (TPSA) is 89.0 Å². The third kappa shape index (κ3) is 3.40. The van der Waals surface area contributed by atoms with Gasteiger partial charge in [0.15, 0.2) is 0 Å². The van der Waals surface area contributed by atoms with Crippen LogP contribution in [-0.2, 0) is 18.9 Å². The number of rotatable bonds is 8. The summed E-state index contributed by atoms with van der Waals surface area (Å²) in [7, 11) is 0. The normalized spacial score (nSPS) is 35.0. The van der Waals surface area contributed by atoms with Gasteiger partial charge in [-0.15, -0.1) is 0 Å². The Kier molecular flexibility index (Phi) is 5.81. The molecule has 0 spiro atoms. The van der Waals surface area contributed by atoms with Gasteiger partial charge in [-0.05, 0) is 25.9 Å². The maximum absolute atomic E-state index is 5.73. The second kappa shape index (κ2) is 7.37. The molecule has 0 amide bonds. The number of hydrogen-bond acceptors (Lipinski definition) is 6. The molecule has 2 saturated heterocycles. The second-order valence-corrected chi connectivity index (χ2v) is 4.70. The van der Waals surface area contributed by atoms with E-state index in [9.17, 15) is 0 Å². The van der Waals surface area contributed by atoms with Gasteiger partial charge in [0.25, 0.3) is 0 Å². The van der Waals surface area contributed by atoms with Crippen LogP contribution in [0, 0.1) is 0 Å². The first-order valence-corrected chi connectivity index (χ1v) is 6.73. The third-order valence-corrected chi connectivity index (χ3v) is 3.32. The number of hydrogen-bond donors (Lipinski definition) is 2. The van der Waals surface area contributed by atoms with Gasteiger partial charge in [-0.3, -0.25) is 0 Å². The van der Waals surface area contributed by atoms with E-state index in [4.69, 9.17) is 30.4 Å². The van der Waals surface area contributed by atoms with Crippen molar-refractivity contribution in [1.82, 2.24) is 0 Å². The standard InChI is InChI=1S/C12H24N2O4/c13-3-1-5-15-9-7-17-12-10(8-18-11(9)12)16-6-2-4-14/h9-12H,1-8,13-14H2/t9-,10-,11?,12?/m0/s1. The molecule has 2 aliphatic heterocycles. The van der Waals surface area contributed by atoms with Gasteiger partial charge in [0.2, 0.25) is 0 Å². The van der Waals surface area contributed by atoms with Crippen molar-refractivity contribution in [2.24, 2.45) is 11.5 Å². The molecule has 0 aromatic heterocycles. The maximum atomic E-state index is 5.73. The molecule has 0 aromatic rings. The predicted molar refractivity (Wildman–Crippen MR) is 66.3 cm³/mol. The zero-order valence-electron chi connectivity index (χ0n) is 10.8. The van der Waals surface area contributed by atoms with E-state index in [0.717, 1.165) is 12.8 Å². The van der Waals surface area contributed by atoms with E-state index < -0.39 is 0 Å². The van der Waals surface area contributed by atoms with E-state index in [1.807, 2.05) is 0 Å². The highest BCUT2D eigenvalue weighted by Gasteiger charge is 2.48. The summed E-state index contributed by atoms with van der Waals surface area (Å²) in [6.45, 7) is 3.78. The van der Waals surface area contributed by atoms with Crippen molar-refractivity contribution >= 4 is 0 Å². The zero-order valence-corrected chi connectivity index (χ0v) is 10.8. The SMILES string of the molecule is NCCCO[C@H]1COC2C1OC[C@@H]2OCCCN. The fourth-order valence-corrected chi connectivity index (χ4v) is 2.35. The van der Waals surface area contributed by atoms with Crippen LogP contribution in [0.1, 0.15) is 12.8 Å². The molecule has 6 nitrogen and oxygen atoms in total. The fourth-order valence-electron chi connectivity index (χ4n) is 2.35. The monoisotopic (exact) mass is 260 g/mol. The average molecular weight is 260 g/mol. The average Bonchev–Trinajstić information content (AvgIpc) is 2.94. The Morgan fingerprint density at radius 2 is 1.28 bits per heavy atom. The Hall–Kier alpha value is -0.240. The molecular weight excluding hydrogens is 236 g/mol. The van der Waals surface area contributed by atoms with Crippen LogP contribution < -0.4 is 11.5 Å². The van der Waals surface area contributed by atoms with Gasteiger partial charge in [-0.1, -0.05) is 0 Å². The van der Waals surface area contributed by atoms with E-state index in [-0.39, 0.29) is 24.4 Å². The summed E-state index contributed by atoms with van der Waals surface area (Å²) in [5, 5.41) is 0. The molecule has 2 rings (SSSR count). The van der Waals surface area contributed by atoms with E-state index in [0.29, 0.717) is 39.5 Å². The van der Waals surface area contributed by atoms with Crippen molar-refractivity contribution in [1.29, 1.82) is 0 Å². The Morgan fingerprint density at radius 3 is 1.67 bits per heavy atom. The lowest BCUT2D eigenvalue weighted by molar-refractivity contribution is -0.0503. The molecular formula is C12H24N2O4. The third-order valence-electron chi connectivity index (χ3n) is 3.32. The molecule has 2 heterocycles. The lowest BCUT2D eigenvalue weighted by Crippen LogP contribution is -2.34. The maximum Gasteiger partial charge on any atom is 0.115 e. The van der Waals surface area contributed by atoms with Crippen molar-refractivity contribution in [3.8, 4) is 0 Å². The highest BCUT2D eigenvalue weighted by molar-refractivity contribution is 4.95. The molecule has 0 radical (unpaired) electrons. The molecule has 4 N–H and O–H groups in total. The first kappa shape index (κ1) is 14.2. The van der Waals surface area contributed by atoms with Crippen molar-refractivity contribution in [3.63, 3.8) is 0 Å². The molecule has 6 heteroatoms. The predicted octanol–water partition coefficient (Wildman–Crippen LogP) is -0.748. The van der Waals surface area contributed by atoms with E-state index in [1.54, 1.807) is 0 Å². The summed E-state index contributed by atoms with van der Waals surface area (Å²) in [4.78, 5) is 0.